The van der Waals surface area contributed by atoms with E-state index in [-0.39, 0.29) is 19.3 Å². The average Bonchev–Trinajstić information content (AvgIpc) is 3.23. The zero-order valence-electron chi connectivity index (χ0n) is 19.5. The molecule has 1 fully saturated rings. The van der Waals surface area contributed by atoms with Gasteiger partial charge in [0.15, 0.2) is 0 Å². The smallest absolute Gasteiger partial charge is 0.410 e. The van der Waals surface area contributed by atoms with Crippen LogP contribution in [0, 0.1) is 0 Å². The fraction of sp³-hybridized carbons (Fsp3) is 0.565. The van der Waals surface area contributed by atoms with Crippen molar-refractivity contribution in [3.63, 3.8) is 0 Å². The average molecular weight is 460 g/mol. The quantitative estimate of drug-likeness (QED) is 0.677. The predicted molar refractivity (Wildman–Crippen MR) is 120 cm³/mol. The van der Waals surface area contributed by atoms with Gasteiger partial charge in [-0.3, -0.25) is 4.68 Å². The number of rotatable bonds is 7. The van der Waals surface area contributed by atoms with E-state index in [9.17, 15) is 9.59 Å². The molecule has 0 bridgehead atoms. The number of hydrogen-bond acceptors (Lipinski definition) is 7. The highest BCUT2D eigenvalue weighted by molar-refractivity contribution is 5.71. The van der Waals surface area contributed by atoms with Crippen LogP contribution in [0.15, 0.2) is 36.5 Å². The molecule has 1 aliphatic heterocycles. The first kappa shape index (κ1) is 24.5. The van der Waals surface area contributed by atoms with Crippen molar-refractivity contribution < 1.29 is 24.2 Å². The van der Waals surface area contributed by atoms with E-state index in [0.717, 1.165) is 5.56 Å². The van der Waals surface area contributed by atoms with Crippen LogP contribution < -0.4 is 0 Å². The van der Waals surface area contributed by atoms with Crippen LogP contribution in [0.3, 0.4) is 0 Å². The zero-order valence-corrected chi connectivity index (χ0v) is 19.5. The predicted octanol–water partition coefficient (Wildman–Crippen LogP) is 2.46. The van der Waals surface area contributed by atoms with Crippen molar-refractivity contribution in [1.29, 1.82) is 0 Å². The third-order valence-electron chi connectivity index (χ3n) is 5.22. The van der Waals surface area contributed by atoms with E-state index in [1.54, 1.807) is 20.7 Å². The molecule has 1 aliphatic rings. The van der Waals surface area contributed by atoms with Crippen molar-refractivity contribution in [3.8, 4) is 0 Å². The maximum atomic E-state index is 12.8. The van der Waals surface area contributed by atoms with Crippen LogP contribution >= 0.6 is 0 Å². The maximum absolute atomic E-state index is 12.8. The third kappa shape index (κ3) is 7.45. The van der Waals surface area contributed by atoms with E-state index in [0.29, 0.717) is 44.7 Å². The summed E-state index contributed by atoms with van der Waals surface area (Å²) in [5, 5.41) is 17.2. The monoisotopic (exact) mass is 459 g/mol. The Morgan fingerprint density at radius 2 is 1.91 bits per heavy atom. The molecule has 1 aromatic heterocycles. The van der Waals surface area contributed by atoms with E-state index in [2.05, 4.69) is 10.3 Å². The van der Waals surface area contributed by atoms with Crippen LogP contribution in [-0.2, 0) is 29.0 Å². The fourth-order valence-electron chi connectivity index (χ4n) is 3.60. The molecule has 180 valence electrons. The Morgan fingerprint density at radius 3 is 2.61 bits per heavy atom. The third-order valence-corrected chi connectivity index (χ3v) is 5.22. The highest BCUT2D eigenvalue weighted by Crippen LogP contribution is 2.19. The second-order valence-electron chi connectivity index (χ2n) is 9.05. The molecule has 10 nitrogen and oxygen atoms in total. The van der Waals surface area contributed by atoms with Crippen LogP contribution in [0.25, 0.3) is 0 Å². The Bertz CT molecular complexity index is 911. The molecule has 0 aliphatic carbocycles. The zero-order chi connectivity index (χ0) is 23.8. The van der Waals surface area contributed by atoms with Crippen molar-refractivity contribution in [3.05, 3.63) is 47.8 Å². The number of carbonyl (C=O) groups is 2. The molecule has 10 heteroatoms. The Hall–Kier alpha value is -3.14. The fourth-order valence-corrected chi connectivity index (χ4v) is 3.60. The number of aliphatic hydroxyl groups excluding tert-OH is 1. The van der Waals surface area contributed by atoms with Gasteiger partial charge in [0.25, 0.3) is 0 Å². The lowest BCUT2D eigenvalue weighted by molar-refractivity contribution is -0.00515. The summed E-state index contributed by atoms with van der Waals surface area (Å²) in [6, 6.07) is 9.25. The van der Waals surface area contributed by atoms with Crippen molar-refractivity contribution in [2.45, 2.75) is 58.4 Å². The Morgan fingerprint density at radius 1 is 1.15 bits per heavy atom. The summed E-state index contributed by atoms with van der Waals surface area (Å²) in [7, 11) is 0. The summed E-state index contributed by atoms with van der Waals surface area (Å²) >= 11 is 0. The standard InChI is InChI=1S/C23H33N5O5/c1-23(2,3)33-22(31)28-13-12-26(21(30)32-17-18-7-5-4-6-8-18)16-20(28)9-11-27-15-19(10-14-29)24-25-27/h4-8,15,20,29H,9-14,16-17H2,1-3H3/t20-/m1/s1. The number of hydrogen-bond donors (Lipinski definition) is 1. The lowest BCUT2D eigenvalue weighted by Crippen LogP contribution is -2.57. The number of benzene rings is 1. The molecular formula is C23H33N5O5. The molecule has 1 saturated heterocycles. The molecule has 3 rings (SSSR count). The van der Waals surface area contributed by atoms with Gasteiger partial charge >= 0.3 is 12.2 Å². The summed E-state index contributed by atoms with van der Waals surface area (Å²) in [6.45, 7) is 7.26. The molecule has 1 atom stereocenters. The molecule has 1 N–H and O–H groups in total. The minimum absolute atomic E-state index is 0.00773. The molecule has 0 saturated carbocycles. The Labute approximate surface area is 194 Å². The minimum Gasteiger partial charge on any atom is -0.445 e. The van der Waals surface area contributed by atoms with Gasteiger partial charge in [-0.05, 0) is 32.8 Å². The van der Waals surface area contributed by atoms with Crippen molar-refractivity contribution in [2.75, 3.05) is 26.2 Å². The molecule has 2 amide bonds. The molecule has 2 heterocycles. The first-order chi connectivity index (χ1) is 15.7. The van der Waals surface area contributed by atoms with Gasteiger partial charge in [0.05, 0.1) is 11.7 Å². The number of nitrogens with zero attached hydrogens (tertiary/aromatic N) is 5. The minimum atomic E-state index is -0.613. The van der Waals surface area contributed by atoms with Gasteiger partial charge in [0, 0.05) is 45.4 Å². The number of ether oxygens (including phenoxy) is 2. The number of amides is 2. The normalized spacial score (nSPS) is 16.5. The Kier molecular flexibility index (Phi) is 8.26. The van der Waals surface area contributed by atoms with Gasteiger partial charge < -0.3 is 24.4 Å². The van der Waals surface area contributed by atoms with Gasteiger partial charge in [-0.1, -0.05) is 35.5 Å². The molecule has 0 spiro atoms. The first-order valence-electron chi connectivity index (χ1n) is 11.2. The topological polar surface area (TPSA) is 110 Å². The van der Waals surface area contributed by atoms with Gasteiger partial charge in [-0.15, -0.1) is 5.10 Å². The summed E-state index contributed by atoms with van der Waals surface area (Å²) in [5.41, 5.74) is 1.01. The number of piperazine rings is 1. The number of aliphatic hydroxyl groups is 1. The second kappa shape index (κ2) is 11.1. The molecule has 2 aromatic rings. The molecule has 1 aromatic carbocycles. The first-order valence-corrected chi connectivity index (χ1v) is 11.2. The van der Waals surface area contributed by atoms with E-state index in [1.807, 2.05) is 51.1 Å². The van der Waals surface area contributed by atoms with Crippen LogP contribution in [0.4, 0.5) is 9.59 Å². The van der Waals surface area contributed by atoms with Gasteiger partial charge in [-0.25, -0.2) is 9.59 Å². The SMILES string of the molecule is CC(C)(C)OC(=O)N1CCN(C(=O)OCc2ccccc2)C[C@H]1CCn1cc(CCO)nn1. The maximum Gasteiger partial charge on any atom is 0.410 e. The van der Waals surface area contributed by atoms with Crippen LogP contribution in [0.2, 0.25) is 0 Å². The number of carbonyl (C=O) groups excluding carboxylic acids is 2. The van der Waals surface area contributed by atoms with Crippen molar-refractivity contribution in [1.82, 2.24) is 24.8 Å². The number of aromatic nitrogens is 3. The van der Waals surface area contributed by atoms with Crippen LogP contribution in [0.5, 0.6) is 0 Å². The van der Waals surface area contributed by atoms with Crippen LogP contribution in [-0.4, -0.2) is 80.0 Å². The highest BCUT2D eigenvalue weighted by Gasteiger charge is 2.35. The lowest BCUT2D eigenvalue weighted by atomic mass is 10.1. The van der Waals surface area contributed by atoms with E-state index in [4.69, 9.17) is 14.6 Å². The van der Waals surface area contributed by atoms with Crippen LogP contribution in [0.1, 0.15) is 38.4 Å². The summed E-state index contributed by atoms with van der Waals surface area (Å²) in [5.74, 6) is 0. The van der Waals surface area contributed by atoms with Crippen molar-refractivity contribution >= 4 is 12.2 Å². The van der Waals surface area contributed by atoms with E-state index in [1.165, 1.54) is 0 Å². The Balaban J connectivity index is 1.63. The van der Waals surface area contributed by atoms with Gasteiger partial charge in [0.2, 0.25) is 0 Å². The molecule has 0 unspecified atom stereocenters. The summed E-state index contributed by atoms with van der Waals surface area (Å²) < 4.78 is 12.8. The second-order valence-corrected chi connectivity index (χ2v) is 9.05. The van der Waals surface area contributed by atoms with Gasteiger partial charge in [0.1, 0.15) is 12.2 Å². The summed E-state index contributed by atoms with van der Waals surface area (Å²) in [4.78, 5) is 28.8. The van der Waals surface area contributed by atoms with E-state index >= 15 is 0 Å². The molecular weight excluding hydrogens is 426 g/mol. The van der Waals surface area contributed by atoms with Crippen molar-refractivity contribution in [2.24, 2.45) is 0 Å². The molecule has 0 radical (unpaired) electrons. The largest absolute Gasteiger partial charge is 0.445 e. The molecule has 33 heavy (non-hydrogen) atoms. The number of aryl methyl sites for hydroxylation is 1. The van der Waals surface area contributed by atoms with Gasteiger partial charge in [-0.2, -0.15) is 0 Å². The van der Waals surface area contributed by atoms with E-state index < -0.39 is 17.8 Å². The highest BCUT2D eigenvalue weighted by atomic mass is 16.6. The summed E-state index contributed by atoms with van der Waals surface area (Å²) in [6.07, 6.45) is 1.98. The lowest BCUT2D eigenvalue weighted by Gasteiger charge is -2.41.